The van der Waals surface area contributed by atoms with Crippen LogP contribution in [0.2, 0.25) is 0 Å². The highest BCUT2D eigenvalue weighted by Gasteiger charge is 2.16. The van der Waals surface area contributed by atoms with Gasteiger partial charge in [-0.15, -0.1) is 0 Å². The first-order valence-electron chi connectivity index (χ1n) is 6.34. The smallest absolute Gasteiger partial charge is 0.323 e. The number of carbonyl (C=O) groups is 1. The molecule has 0 aliphatic carbocycles. The van der Waals surface area contributed by atoms with Crippen LogP contribution in [0, 0.1) is 11.6 Å². The quantitative estimate of drug-likeness (QED) is 0.943. The first kappa shape index (κ1) is 15.0. The predicted molar refractivity (Wildman–Crippen MR) is 73.8 cm³/mol. The summed E-state index contributed by atoms with van der Waals surface area (Å²) < 4.78 is 31.4. The van der Waals surface area contributed by atoms with Gasteiger partial charge in [-0.05, 0) is 26.0 Å². The van der Waals surface area contributed by atoms with Crippen molar-refractivity contribution >= 4 is 11.8 Å². The molecule has 0 saturated heterocycles. The summed E-state index contributed by atoms with van der Waals surface area (Å²) in [6, 6.07) is 4.16. The molecule has 112 valence electrons. The van der Waals surface area contributed by atoms with Gasteiger partial charge < -0.3 is 9.42 Å². The van der Waals surface area contributed by atoms with Crippen molar-refractivity contribution in [2.45, 2.75) is 19.9 Å². The molecule has 0 radical (unpaired) electrons. The van der Waals surface area contributed by atoms with E-state index in [2.05, 4.69) is 10.5 Å². The molecule has 0 fully saturated rings. The maximum Gasteiger partial charge on any atom is 0.323 e. The molecular formula is C14H15F2N3O2. The minimum absolute atomic E-state index is 0.0194. The van der Waals surface area contributed by atoms with E-state index in [1.54, 1.807) is 7.05 Å². The molecule has 0 unspecified atom stereocenters. The fraction of sp³-hybridized carbons (Fsp3) is 0.286. The van der Waals surface area contributed by atoms with Crippen LogP contribution in [0.5, 0.6) is 0 Å². The Morgan fingerprint density at radius 2 is 2.05 bits per heavy atom. The molecule has 1 heterocycles. The van der Waals surface area contributed by atoms with E-state index in [4.69, 9.17) is 4.52 Å². The molecule has 0 aliphatic rings. The summed E-state index contributed by atoms with van der Waals surface area (Å²) in [5, 5.41) is 6.17. The second-order valence-electron chi connectivity index (χ2n) is 4.84. The van der Waals surface area contributed by atoms with E-state index in [1.807, 2.05) is 13.8 Å². The summed E-state index contributed by atoms with van der Waals surface area (Å²) >= 11 is 0. The van der Waals surface area contributed by atoms with Gasteiger partial charge >= 0.3 is 6.03 Å². The lowest BCUT2D eigenvalue weighted by atomic mass is 10.1. The SMILES string of the molecule is CC(C)N(C)C(=O)Nc1cc(-c2ccc(F)cc2F)on1. The van der Waals surface area contributed by atoms with Gasteiger partial charge in [0, 0.05) is 25.2 Å². The van der Waals surface area contributed by atoms with Crippen molar-refractivity contribution in [2.24, 2.45) is 0 Å². The number of hydrogen-bond acceptors (Lipinski definition) is 3. The molecule has 1 aromatic carbocycles. The zero-order valence-corrected chi connectivity index (χ0v) is 11.9. The van der Waals surface area contributed by atoms with Gasteiger partial charge in [-0.25, -0.2) is 13.6 Å². The Balaban J connectivity index is 2.17. The molecule has 2 rings (SSSR count). The number of carbonyl (C=O) groups excluding carboxylic acids is 1. The van der Waals surface area contributed by atoms with Crippen molar-refractivity contribution in [3.63, 3.8) is 0 Å². The van der Waals surface area contributed by atoms with E-state index >= 15 is 0 Å². The molecule has 5 nitrogen and oxygen atoms in total. The van der Waals surface area contributed by atoms with Crippen LogP contribution in [-0.2, 0) is 0 Å². The fourth-order valence-corrected chi connectivity index (χ4v) is 1.58. The standard InChI is InChI=1S/C14H15F2N3O2/c1-8(2)19(3)14(20)17-13-7-12(21-18-13)10-5-4-9(15)6-11(10)16/h4-8H,1-3H3,(H,17,18,20). The number of benzene rings is 1. The second kappa shape index (κ2) is 5.90. The molecule has 0 bridgehead atoms. The first-order valence-corrected chi connectivity index (χ1v) is 6.34. The third-order valence-corrected chi connectivity index (χ3v) is 3.04. The van der Waals surface area contributed by atoms with Crippen LogP contribution in [0.3, 0.4) is 0 Å². The Hall–Kier alpha value is -2.44. The number of amides is 2. The van der Waals surface area contributed by atoms with Crippen LogP contribution >= 0.6 is 0 Å². The summed E-state index contributed by atoms with van der Waals surface area (Å²) in [4.78, 5) is 13.3. The van der Waals surface area contributed by atoms with Gasteiger partial charge in [-0.1, -0.05) is 5.16 Å². The Labute approximate surface area is 120 Å². The Bertz CT molecular complexity index is 655. The number of hydrogen-bond donors (Lipinski definition) is 1. The predicted octanol–water partition coefficient (Wildman–Crippen LogP) is 3.49. The average molecular weight is 295 g/mol. The van der Waals surface area contributed by atoms with Crippen LogP contribution in [-0.4, -0.2) is 29.2 Å². The number of urea groups is 1. The van der Waals surface area contributed by atoms with Gasteiger partial charge in [0.25, 0.3) is 0 Å². The highest BCUT2D eigenvalue weighted by molar-refractivity contribution is 5.88. The number of rotatable bonds is 3. The molecule has 7 heteroatoms. The first-order chi connectivity index (χ1) is 9.88. The molecule has 2 amide bonds. The normalized spacial score (nSPS) is 10.8. The maximum atomic E-state index is 13.6. The molecule has 0 saturated carbocycles. The van der Waals surface area contributed by atoms with Gasteiger partial charge in [0.15, 0.2) is 11.6 Å². The van der Waals surface area contributed by atoms with E-state index in [9.17, 15) is 13.6 Å². The third kappa shape index (κ3) is 3.36. The Morgan fingerprint density at radius 3 is 2.67 bits per heavy atom. The highest BCUT2D eigenvalue weighted by atomic mass is 19.1. The van der Waals surface area contributed by atoms with Crippen LogP contribution in [0.1, 0.15) is 13.8 Å². The molecular weight excluding hydrogens is 280 g/mol. The van der Waals surface area contributed by atoms with Gasteiger partial charge in [0.2, 0.25) is 0 Å². The lowest BCUT2D eigenvalue weighted by Gasteiger charge is -2.20. The summed E-state index contributed by atoms with van der Waals surface area (Å²) in [6.45, 7) is 3.73. The monoisotopic (exact) mass is 295 g/mol. The molecule has 0 spiro atoms. The summed E-state index contributed by atoms with van der Waals surface area (Å²) in [6.07, 6.45) is 0. The molecule has 21 heavy (non-hydrogen) atoms. The van der Waals surface area contributed by atoms with Crippen molar-refractivity contribution in [3.8, 4) is 11.3 Å². The minimum Gasteiger partial charge on any atom is -0.354 e. The number of nitrogens with zero attached hydrogens (tertiary/aromatic N) is 2. The van der Waals surface area contributed by atoms with Crippen LogP contribution in [0.15, 0.2) is 28.8 Å². The molecule has 1 N–H and O–H groups in total. The number of aromatic nitrogens is 1. The molecule has 0 aliphatic heterocycles. The van der Waals surface area contributed by atoms with E-state index in [0.29, 0.717) is 0 Å². The van der Waals surface area contributed by atoms with Gasteiger partial charge in [-0.2, -0.15) is 0 Å². The van der Waals surface area contributed by atoms with Gasteiger partial charge in [0.05, 0.1) is 5.56 Å². The highest BCUT2D eigenvalue weighted by Crippen LogP contribution is 2.25. The summed E-state index contributed by atoms with van der Waals surface area (Å²) in [5.74, 6) is -1.17. The number of halogens is 2. The molecule has 2 aromatic rings. The van der Waals surface area contributed by atoms with Crippen LogP contribution in [0.25, 0.3) is 11.3 Å². The Kier molecular flexibility index (Phi) is 4.21. The lowest BCUT2D eigenvalue weighted by Crippen LogP contribution is -2.36. The third-order valence-electron chi connectivity index (χ3n) is 3.04. The van der Waals surface area contributed by atoms with Crippen molar-refractivity contribution in [1.29, 1.82) is 0 Å². The van der Waals surface area contributed by atoms with E-state index < -0.39 is 11.6 Å². The van der Waals surface area contributed by atoms with Crippen molar-refractivity contribution < 1.29 is 18.1 Å². The number of anilines is 1. The number of nitrogens with one attached hydrogen (secondary N) is 1. The topological polar surface area (TPSA) is 58.4 Å². The van der Waals surface area contributed by atoms with Gasteiger partial charge in [0.1, 0.15) is 11.6 Å². The molecule has 1 aromatic heterocycles. The maximum absolute atomic E-state index is 13.6. The fourth-order valence-electron chi connectivity index (χ4n) is 1.58. The Morgan fingerprint density at radius 1 is 1.33 bits per heavy atom. The summed E-state index contributed by atoms with van der Waals surface area (Å²) in [5.41, 5.74) is 0.0709. The van der Waals surface area contributed by atoms with E-state index in [1.165, 1.54) is 17.0 Å². The van der Waals surface area contributed by atoms with Crippen LogP contribution in [0.4, 0.5) is 19.4 Å². The largest absolute Gasteiger partial charge is 0.354 e. The van der Waals surface area contributed by atoms with E-state index in [-0.39, 0.29) is 29.2 Å². The zero-order chi connectivity index (χ0) is 15.6. The zero-order valence-electron chi connectivity index (χ0n) is 11.9. The second-order valence-corrected chi connectivity index (χ2v) is 4.84. The summed E-state index contributed by atoms with van der Waals surface area (Å²) in [7, 11) is 1.64. The van der Waals surface area contributed by atoms with Gasteiger partial charge in [-0.3, -0.25) is 5.32 Å². The minimum atomic E-state index is -0.761. The van der Waals surface area contributed by atoms with Crippen molar-refractivity contribution in [3.05, 3.63) is 35.9 Å². The average Bonchev–Trinajstić information content (AvgIpc) is 2.85. The van der Waals surface area contributed by atoms with Crippen molar-refractivity contribution in [2.75, 3.05) is 12.4 Å². The lowest BCUT2D eigenvalue weighted by molar-refractivity contribution is 0.211. The van der Waals surface area contributed by atoms with Crippen molar-refractivity contribution in [1.82, 2.24) is 10.1 Å². The van der Waals surface area contributed by atoms with Crippen LogP contribution < -0.4 is 5.32 Å². The van der Waals surface area contributed by atoms with E-state index in [0.717, 1.165) is 12.1 Å². The molecule has 0 atom stereocenters.